The highest BCUT2D eigenvalue weighted by molar-refractivity contribution is 7.09. The van der Waals surface area contributed by atoms with Gasteiger partial charge in [0.15, 0.2) is 5.54 Å². The van der Waals surface area contributed by atoms with Crippen molar-refractivity contribution in [3.8, 4) is 0 Å². The summed E-state index contributed by atoms with van der Waals surface area (Å²) in [4.78, 5) is 48.3. The molecule has 0 aliphatic carbocycles. The fraction of sp³-hybridized carbons (Fsp3) is 0.520. The van der Waals surface area contributed by atoms with Gasteiger partial charge in [-0.2, -0.15) is 0 Å². The van der Waals surface area contributed by atoms with Crippen LogP contribution in [0.3, 0.4) is 0 Å². The fourth-order valence-electron chi connectivity index (χ4n) is 4.86. The molecule has 1 N–H and O–H groups in total. The molecule has 0 bridgehead atoms. The lowest BCUT2D eigenvalue weighted by Gasteiger charge is -2.40. The third-order valence-corrected chi connectivity index (χ3v) is 7.69. The minimum atomic E-state index is -1.18. The van der Waals surface area contributed by atoms with Gasteiger partial charge >= 0.3 is 6.03 Å². The van der Waals surface area contributed by atoms with E-state index in [0.29, 0.717) is 56.9 Å². The van der Waals surface area contributed by atoms with Gasteiger partial charge in [-0.1, -0.05) is 26.0 Å². The number of imide groups is 1. The average molecular weight is 469 g/mol. The molecular formula is C25H32N4O3S. The van der Waals surface area contributed by atoms with E-state index in [0.717, 1.165) is 11.3 Å². The molecule has 0 aromatic carbocycles. The van der Waals surface area contributed by atoms with Gasteiger partial charge in [0.05, 0.1) is 5.69 Å². The number of rotatable bonds is 8. The molecule has 8 heteroatoms. The summed E-state index contributed by atoms with van der Waals surface area (Å²) >= 11 is 1.62. The van der Waals surface area contributed by atoms with Gasteiger partial charge in [0.1, 0.15) is 0 Å². The van der Waals surface area contributed by atoms with Crippen molar-refractivity contribution in [2.45, 2.75) is 51.5 Å². The van der Waals surface area contributed by atoms with Crippen molar-refractivity contribution in [3.05, 3.63) is 52.5 Å². The van der Waals surface area contributed by atoms with Crippen LogP contribution in [0, 0.1) is 11.8 Å². The normalized spacial score (nSPS) is 21.7. The average Bonchev–Trinajstić information content (AvgIpc) is 3.43. The van der Waals surface area contributed by atoms with Gasteiger partial charge in [0, 0.05) is 43.0 Å². The van der Waals surface area contributed by atoms with E-state index in [1.807, 2.05) is 40.6 Å². The molecule has 4 rings (SSSR count). The Hall–Kier alpha value is -2.74. The maximum Gasteiger partial charge on any atom is 0.325 e. The monoisotopic (exact) mass is 468 g/mol. The van der Waals surface area contributed by atoms with E-state index < -0.39 is 5.54 Å². The number of hydrogen-bond donors (Lipinski definition) is 1. The molecule has 2 saturated heterocycles. The van der Waals surface area contributed by atoms with E-state index in [9.17, 15) is 14.4 Å². The number of nitrogens with one attached hydrogen (secondary N) is 1. The first-order valence-corrected chi connectivity index (χ1v) is 12.7. The molecule has 2 aliphatic heterocycles. The van der Waals surface area contributed by atoms with Crippen molar-refractivity contribution < 1.29 is 14.4 Å². The zero-order valence-electron chi connectivity index (χ0n) is 19.3. The second-order valence-electron chi connectivity index (χ2n) is 9.33. The summed E-state index contributed by atoms with van der Waals surface area (Å²) in [5.41, 5.74) is -0.604. The van der Waals surface area contributed by atoms with E-state index in [1.165, 1.54) is 4.90 Å². The lowest BCUT2D eigenvalue weighted by atomic mass is 9.75. The molecule has 4 amide bonds. The number of piperidine rings is 1. The van der Waals surface area contributed by atoms with Crippen molar-refractivity contribution in [1.82, 2.24) is 20.1 Å². The molecule has 2 aromatic heterocycles. The van der Waals surface area contributed by atoms with Gasteiger partial charge < -0.3 is 10.2 Å². The Labute approximate surface area is 199 Å². The number of pyridine rings is 1. The summed E-state index contributed by atoms with van der Waals surface area (Å²) in [5, 5.41) is 5.04. The van der Waals surface area contributed by atoms with Crippen LogP contribution in [0.15, 0.2) is 41.9 Å². The summed E-state index contributed by atoms with van der Waals surface area (Å²) in [6.07, 6.45) is 5.03. The topological polar surface area (TPSA) is 82.6 Å². The Balaban J connectivity index is 1.52. The maximum absolute atomic E-state index is 13.8. The van der Waals surface area contributed by atoms with Crippen LogP contribution in [0.25, 0.3) is 0 Å². The van der Waals surface area contributed by atoms with Gasteiger partial charge in [0.2, 0.25) is 5.91 Å². The predicted octanol–water partition coefficient (Wildman–Crippen LogP) is 3.81. The molecule has 1 atom stereocenters. The third-order valence-electron chi connectivity index (χ3n) is 6.76. The number of hydrogen-bond acceptors (Lipinski definition) is 5. The van der Waals surface area contributed by atoms with E-state index in [1.54, 1.807) is 17.5 Å². The van der Waals surface area contributed by atoms with Crippen LogP contribution < -0.4 is 5.32 Å². The van der Waals surface area contributed by atoms with Crippen LogP contribution >= 0.6 is 11.3 Å². The van der Waals surface area contributed by atoms with Crippen molar-refractivity contribution in [2.24, 2.45) is 11.8 Å². The van der Waals surface area contributed by atoms with Gasteiger partial charge in [-0.15, -0.1) is 11.3 Å². The molecule has 7 nitrogen and oxygen atoms in total. The van der Waals surface area contributed by atoms with E-state index in [4.69, 9.17) is 0 Å². The molecule has 0 saturated carbocycles. The number of thiophene rings is 1. The summed E-state index contributed by atoms with van der Waals surface area (Å²) in [6, 6.07) is 9.10. The molecular weight excluding hydrogens is 436 g/mol. The number of nitrogens with zero attached hydrogens (tertiary/aromatic N) is 3. The molecule has 2 aromatic rings. The SMILES string of the molecule is CC(C)CCC(=O)N1CCC(C2(c3ccccn3)NC(=O)N(CCc3cccs3)C2=O)CC1. The first kappa shape index (κ1) is 23.4. The first-order valence-electron chi connectivity index (χ1n) is 11.8. The molecule has 0 spiro atoms. The Kier molecular flexibility index (Phi) is 7.12. The number of likely N-dealkylation sites (tertiary alicyclic amines) is 1. The molecule has 2 aliphatic rings. The molecule has 0 radical (unpaired) electrons. The fourth-order valence-corrected chi connectivity index (χ4v) is 5.56. The molecule has 2 fully saturated rings. The van der Waals surface area contributed by atoms with Crippen LogP contribution in [0.4, 0.5) is 4.79 Å². The summed E-state index contributed by atoms with van der Waals surface area (Å²) < 4.78 is 0. The van der Waals surface area contributed by atoms with Crippen LogP contribution in [-0.2, 0) is 21.5 Å². The van der Waals surface area contributed by atoms with Crippen molar-refractivity contribution in [2.75, 3.05) is 19.6 Å². The van der Waals surface area contributed by atoms with Crippen molar-refractivity contribution >= 4 is 29.2 Å². The quantitative estimate of drug-likeness (QED) is 0.598. The predicted molar refractivity (Wildman–Crippen MR) is 128 cm³/mol. The zero-order valence-corrected chi connectivity index (χ0v) is 20.1. The lowest BCUT2D eigenvalue weighted by Crippen LogP contribution is -2.54. The van der Waals surface area contributed by atoms with Crippen molar-refractivity contribution in [3.63, 3.8) is 0 Å². The highest BCUT2D eigenvalue weighted by atomic mass is 32.1. The van der Waals surface area contributed by atoms with E-state index in [-0.39, 0.29) is 23.8 Å². The molecule has 1 unspecified atom stereocenters. The first-order chi connectivity index (χ1) is 15.9. The number of carbonyl (C=O) groups is 3. The van der Waals surface area contributed by atoms with Crippen LogP contribution in [0.1, 0.15) is 50.1 Å². The smallest absolute Gasteiger partial charge is 0.325 e. The van der Waals surface area contributed by atoms with Gasteiger partial charge in [-0.3, -0.25) is 19.5 Å². The second-order valence-corrected chi connectivity index (χ2v) is 10.4. The van der Waals surface area contributed by atoms with Gasteiger partial charge in [-0.05, 0) is 55.2 Å². The number of carbonyl (C=O) groups excluding carboxylic acids is 3. The summed E-state index contributed by atoms with van der Waals surface area (Å²) in [5.74, 6) is 0.316. The standard InChI is InChI=1S/C25H32N4O3S/c1-18(2)8-9-22(30)28-14-10-19(11-15-28)25(21-7-3-4-13-26-21)23(31)29(24(32)27-25)16-12-20-6-5-17-33-20/h3-7,13,17-19H,8-12,14-16H2,1-2H3,(H,27,32). The number of urea groups is 1. The highest BCUT2D eigenvalue weighted by Crippen LogP contribution is 2.40. The van der Waals surface area contributed by atoms with Gasteiger partial charge in [0.25, 0.3) is 5.91 Å². The number of amides is 4. The van der Waals surface area contributed by atoms with Crippen LogP contribution in [0.5, 0.6) is 0 Å². The second kappa shape index (κ2) is 10.0. The lowest BCUT2D eigenvalue weighted by molar-refractivity contribution is -0.136. The van der Waals surface area contributed by atoms with Crippen LogP contribution in [0.2, 0.25) is 0 Å². The molecule has 176 valence electrons. The molecule has 33 heavy (non-hydrogen) atoms. The van der Waals surface area contributed by atoms with E-state index >= 15 is 0 Å². The molecule has 4 heterocycles. The minimum absolute atomic E-state index is 0.121. The highest BCUT2D eigenvalue weighted by Gasteiger charge is 2.58. The Morgan fingerprint density at radius 3 is 2.64 bits per heavy atom. The van der Waals surface area contributed by atoms with Crippen molar-refractivity contribution in [1.29, 1.82) is 0 Å². The minimum Gasteiger partial charge on any atom is -0.343 e. The third kappa shape index (κ3) is 4.81. The zero-order chi connectivity index (χ0) is 23.4. The summed E-state index contributed by atoms with van der Waals surface area (Å²) in [7, 11) is 0. The largest absolute Gasteiger partial charge is 0.343 e. The summed E-state index contributed by atoms with van der Waals surface area (Å²) in [6.45, 7) is 5.76. The Bertz CT molecular complexity index is 971. The Morgan fingerprint density at radius 1 is 1.21 bits per heavy atom. The van der Waals surface area contributed by atoms with E-state index in [2.05, 4.69) is 24.1 Å². The maximum atomic E-state index is 13.8. The van der Waals surface area contributed by atoms with Crippen LogP contribution in [-0.4, -0.2) is 52.3 Å². The Morgan fingerprint density at radius 2 is 2.00 bits per heavy atom. The number of aromatic nitrogens is 1. The van der Waals surface area contributed by atoms with Gasteiger partial charge in [-0.25, -0.2) is 4.79 Å².